The molecular formula is C21H36N4O3. The van der Waals surface area contributed by atoms with Gasteiger partial charge in [0.2, 0.25) is 5.91 Å². The third-order valence-electron chi connectivity index (χ3n) is 6.12. The molecule has 0 aromatic heterocycles. The van der Waals surface area contributed by atoms with E-state index in [-0.39, 0.29) is 18.0 Å². The second kappa shape index (κ2) is 8.41. The highest BCUT2D eigenvalue weighted by atomic mass is 16.6. The SMILES string of the molecule is C=C1C[C@@H]2C[C@@H](NC(=O)OC(C)(C)C)C[C@H]1N2CCN1CCN(C(C)=O)CC1. The summed E-state index contributed by atoms with van der Waals surface area (Å²) < 4.78 is 5.42. The first-order valence-corrected chi connectivity index (χ1v) is 10.5. The van der Waals surface area contributed by atoms with Crippen molar-refractivity contribution in [1.29, 1.82) is 0 Å². The number of nitrogens with one attached hydrogen (secondary N) is 1. The van der Waals surface area contributed by atoms with Crippen LogP contribution in [0.2, 0.25) is 0 Å². The predicted molar refractivity (Wildman–Crippen MR) is 109 cm³/mol. The van der Waals surface area contributed by atoms with Gasteiger partial charge in [-0.3, -0.25) is 14.6 Å². The fraction of sp³-hybridized carbons (Fsp3) is 0.810. The van der Waals surface area contributed by atoms with Gasteiger partial charge in [-0.25, -0.2) is 4.79 Å². The van der Waals surface area contributed by atoms with E-state index in [1.165, 1.54) is 5.57 Å². The van der Waals surface area contributed by atoms with E-state index >= 15 is 0 Å². The molecule has 0 aliphatic carbocycles. The molecule has 1 N–H and O–H groups in total. The van der Waals surface area contributed by atoms with E-state index in [1.54, 1.807) is 6.92 Å². The quantitative estimate of drug-likeness (QED) is 0.740. The molecule has 3 fully saturated rings. The minimum Gasteiger partial charge on any atom is -0.444 e. The molecule has 3 rings (SSSR count). The van der Waals surface area contributed by atoms with E-state index in [1.807, 2.05) is 25.7 Å². The molecular weight excluding hydrogens is 356 g/mol. The minimum atomic E-state index is -0.472. The number of piperazine rings is 1. The van der Waals surface area contributed by atoms with Crippen LogP contribution in [0.15, 0.2) is 12.2 Å². The van der Waals surface area contributed by atoms with Crippen molar-refractivity contribution in [3.05, 3.63) is 12.2 Å². The van der Waals surface area contributed by atoms with E-state index < -0.39 is 5.60 Å². The molecule has 0 saturated carbocycles. The normalized spacial score (nSPS) is 29.1. The number of nitrogens with zero attached hydrogens (tertiary/aromatic N) is 3. The number of ether oxygens (including phenoxy) is 1. The predicted octanol–water partition coefficient (Wildman–Crippen LogP) is 1.84. The summed E-state index contributed by atoms with van der Waals surface area (Å²) >= 11 is 0. The number of carbonyl (C=O) groups excluding carboxylic acids is 2. The van der Waals surface area contributed by atoms with Crippen LogP contribution in [0.5, 0.6) is 0 Å². The molecule has 3 heterocycles. The Morgan fingerprint density at radius 2 is 1.82 bits per heavy atom. The second-order valence-electron chi connectivity index (χ2n) is 9.43. The van der Waals surface area contributed by atoms with Gasteiger partial charge in [0.1, 0.15) is 5.60 Å². The topological polar surface area (TPSA) is 65.1 Å². The lowest BCUT2D eigenvalue weighted by Gasteiger charge is -2.41. The molecule has 3 saturated heterocycles. The summed E-state index contributed by atoms with van der Waals surface area (Å²) in [5, 5.41) is 3.06. The van der Waals surface area contributed by atoms with Crippen LogP contribution >= 0.6 is 0 Å². The monoisotopic (exact) mass is 392 g/mol. The van der Waals surface area contributed by atoms with Gasteiger partial charge in [0, 0.05) is 64.3 Å². The van der Waals surface area contributed by atoms with E-state index in [0.29, 0.717) is 12.1 Å². The number of alkyl carbamates (subject to hydrolysis) is 1. The summed E-state index contributed by atoms with van der Waals surface area (Å²) in [6.07, 6.45) is 2.56. The molecule has 0 unspecified atom stereocenters. The van der Waals surface area contributed by atoms with Crippen LogP contribution in [0.4, 0.5) is 4.79 Å². The van der Waals surface area contributed by atoms with E-state index in [9.17, 15) is 9.59 Å². The Bertz CT molecular complexity index is 607. The maximum atomic E-state index is 12.1. The van der Waals surface area contributed by atoms with Crippen LogP contribution < -0.4 is 5.32 Å². The zero-order chi connectivity index (χ0) is 20.5. The molecule has 7 heteroatoms. The summed E-state index contributed by atoms with van der Waals surface area (Å²) in [6, 6.07) is 0.946. The molecule has 0 radical (unpaired) electrons. The molecule has 0 spiro atoms. The van der Waals surface area contributed by atoms with Gasteiger partial charge in [-0.2, -0.15) is 0 Å². The van der Waals surface area contributed by atoms with Gasteiger partial charge < -0.3 is 15.0 Å². The Kier molecular flexibility index (Phi) is 6.34. The lowest BCUT2D eigenvalue weighted by Crippen LogP contribution is -2.54. The first-order valence-electron chi connectivity index (χ1n) is 10.5. The minimum absolute atomic E-state index is 0.152. The van der Waals surface area contributed by atoms with Crippen molar-refractivity contribution in [3.63, 3.8) is 0 Å². The average molecular weight is 393 g/mol. The Balaban J connectivity index is 1.47. The molecule has 3 aliphatic heterocycles. The molecule has 3 atom stereocenters. The van der Waals surface area contributed by atoms with Gasteiger partial charge in [0.25, 0.3) is 0 Å². The maximum absolute atomic E-state index is 12.1. The van der Waals surface area contributed by atoms with Crippen molar-refractivity contribution < 1.29 is 14.3 Å². The first-order chi connectivity index (χ1) is 13.1. The number of amides is 2. The van der Waals surface area contributed by atoms with E-state index in [2.05, 4.69) is 21.7 Å². The lowest BCUT2D eigenvalue weighted by atomic mass is 9.97. The zero-order valence-corrected chi connectivity index (χ0v) is 17.9. The maximum Gasteiger partial charge on any atom is 0.407 e. The highest BCUT2D eigenvalue weighted by Gasteiger charge is 2.43. The van der Waals surface area contributed by atoms with Gasteiger partial charge in [-0.05, 0) is 40.0 Å². The number of hydrogen-bond donors (Lipinski definition) is 1. The molecule has 7 nitrogen and oxygen atoms in total. The van der Waals surface area contributed by atoms with Crippen molar-refractivity contribution in [1.82, 2.24) is 20.0 Å². The van der Waals surface area contributed by atoms with Crippen LogP contribution in [0.3, 0.4) is 0 Å². The average Bonchev–Trinajstić information content (AvgIpc) is 2.76. The first kappa shape index (κ1) is 21.1. The summed E-state index contributed by atoms with van der Waals surface area (Å²) in [6.45, 7) is 17.2. The fourth-order valence-corrected chi connectivity index (χ4v) is 4.73. The number of hydrogen-bond acceptors (Lipinski definition) is 5. The fourth-order valence-electron chi connectivity index (χ4n) is 4.73. The molecule has 158 valence electrons. The Labute approximate surface area is 169 Å². The van der Waals surface area contributed by atoms with Gasteiger partial charge in [0.15, 0.2) is 0 Å². The van der Waals surface area contributed by atoms with Crippen LogP contribution in [-0.4, -0.2) is 89.7 Å². The Morgan fingerprint density at radius 3 is 2.39 bits per heavy atom. The zero-order valence-electron chi connectivity index (χ0n) is 17.9. The summed E-state index contributed by atoms with van der Waals surface area (Å²) in [7, 11) is 0. The summed E-state index contributed by atoms with van der Waals surface area (Å²) in [5.41, 5.74) is 0.819. The van der Waals surface area contributed by atoms with Gasteiger partial charge in [0.05, 0.1) is 0 Å². The molecule has 3 aliphatic rings. The molecule has 2 amide bonds. The third kappa shape index (κ3) is 5.26. The van der Waals surface area contributed by atoms with E-state index in [0.717, 1.165) is 58.5 Å². The third-order valence-corrected chi connectivity index (χ3v) is 6.12. The Hall–Kier alpha value is -1.60. The summed E-state index contributed by atoms with van der Waals surface area (Å²) in [5.74, 6) is 0.175. The van der Waals surface area contributed by atoms with Gasteiger partial charge >= 0.3 is 6.09 Å². The number of carbonyl (C=O) groups is 2. The van der Waals surface area contributed by atoms with Crippen molar-refractivity contribution in [2.45, 2.75) is 70.7 Å². The number of piperidine rings is 1. The lowest BCUT2D eigenvalue weighted by molar-refractivity contribution is -0.130. The smallest absolute Gasteiger partial charge is 0.407 e. The second-order valence-corrected chi connectivity index (χ2v) is 9.43. The van der Waals surface area contributed by atoms with E-state index in [4.69, 9.17) is 4.74 Å². The largest absolute Gasteiger partial charge is 0.444 e. The van der Waals surface area contributed by atoms with Crippen molar-refractivity contribution in [3.8, 4) is 0 Å². The van der Waals surface area contributed by atoms with Crippen LogP contribution in [0.25, 0.3) is 0 Å². The van der Waals surface area contributed by atoms with Crippen molar-refractivity contribution in [2.75, 3.05) is 39.3 Å². The van der Waals surface area contributed by atoms with Gasteiger partial charge in [-0.1, -0.05) is 12.2 Å². The standard InChI is InChI=1S/C21H36N4O3/c1-15-12-18-13-17(22-20(27)28-21(3,4)5)14-19(15)25(18)11-8-23-6-9-24(10-7-23)16(2)26/h17-19H,1,6-14H2,2-5H3,(H,22,27)/t17-,18-,19-/m1/s1. The number of fused-ring (bicyclic) bond motifs is 2. The highest BCUT2D eigenvalue weighted by Crippen LogP contribution is 2.38. The Morgan fingerprint density at radius 1 is 1.14 bits per heavy atom. The molecule has 2 bridgehead atoms. The van der Waals surface area contributed by atoms with Crippen LogP contribution in [0.1, 0.15) is 47.0 Å². The molecule has 28 heavy (non-hydrogen) atoms. The number of rotatable bonds is 4. The highest BCUT2D eigenvalue weighted by molar-refractivity contribution is 5.73. The molecule has 0 aromatic rings. The van der Waals surface area contributed by atoms with Gasteiger partial charge in [-0.15, -0.1) is 0 Å². The van der Waals surface area contributed by atoms with Crippen molar-refractivity contribution in [2.24, 2.45) is 0 Å². The van der Waals surface area contributed by atoms with Crippen molar-refractivity contribution >= 4 is 12.0 Å². The van der Waals surface area contributed by atoms with Crippen LogP contribution in [0, 0.1) is 0 Å². The molecule has 0 aromatic carbocycles. The van der Waals surface area contributed by atoms with Crippen LogP contribution in [-0.2, 0) is 9.53 Å². The summed E-state index contributed by atoms with van der Waals surface area (Å²) in [4.78, 5) is 30.6.